The third-order valence-electron chi connectivity index (χ3n) is 33.8. The maximum Gasteiger partial charge on any atom is 0.449 e. The molecule has 798 valence electrons. The SMILES string of the molecule is CC(F)(F)C(F)(F)C(F)(F)S(=O)(=O)Oc1c(C2CCCCC2)cc(C2CCCCC2)cc1C1CCCCC1.COc1cccc([S+](c2cccc(C)c2)c2cccc(OC)c2)c1.Cc1c(C2CCCCC2)cc(C2CCCCC2)cc1C1CCCCC1.Cc1c(C2CCCCC2)cc(C2CCCCC2)cc1C1CCCCC1.c1ccc([S+](c2ccccc2)c2ccccc2)cc1.c1ccc([S+](c2ccccc2)c2ccccc2)cc1. The molecule has 150 heavy (non-hydrogen) atoms. The first-order valence-electron chi connectivity index (χ1n) is 57.4. The van der Waals surface area contributed by atoms with E-state index in [0.29, 0.717) is 36.8 Å². The zero-order chi connectivity index (χ0) is 105. The summed E-state index contributed by atoms with van der Waals surface area (Å²) in [6, 6.07) is 104. The van der Waals surface area contributed by atoms with Gasteiger partial charge in [-0.05, 0) is 366 Å². The van der Waals surface area contributed by atoms with Gasteiger partial charge >= 0.3 is 27.2 Å². The van der Waals surface area contributed by atoms with Crippen molar-refractivity contribution in [2.24, 2.45) is 0 Å². The minimum Gasteiger partial charge on any atom is -0.497 e. The summed E-state index contributed by atoms with van der Waals surface area (Å²) < 4.78 is 126. The number of methoxy groups -OCH3 is 2. The quantitative estimate of drug-likeness (QED) is 0.0324. The zero-order valence-electron chi connectivity index (χ0n) is 90.2. The summed E-state index contributed by atoms with van der Waals surface area (Å²) in [5.41, 5.74) is 17.1. The highest BCUT2D eigenvalue weighted by Crippen LogP contribution is 2.55. The lowest BCUT2D eigenvalue weighted by Crippen LogP contribution is -2.57. The molecule has 0 N–H and O–H groups in total. The van der Waals surface area contributed by atoms with E-state index in [0.717, 1.165) is 123 Å². The van der Waals surface area contributed by atoms with E-state index in [1.54, 1.807) is 58.7 Å². The summed E-state index contributed by atoms with van der Waals surface area (Å²) in [6.07, 6.45) is 56.9. The van der Waals surface area contributed by atoms with Crippen LogP contribution in [-0.4, -0.2) is 39.7 Å². The van der Waals surface area contributed by atoms with Gasteiger partial charge in [-0.2, -0.15) is 34.8 Å². The number of benzene rings is 12. The van der Waals surface area contributed by atoms with Crippen LogP contribution in [0, 0.1) is 20.8 Å². The molecule has 9 fully saturated rings. The van der Waals surface area contributed by atoms with E-state index in [4.69, 9.17) is 13.7 Å². The molecule has 9 aliphatic carbocycles. The molecule has 0 aliphatic heterocycles. The van der Waals surface area contributed by atoms with Crippen LogP contribution in [0.5, 0.6) is 17.2 Å². The number of aryl methyl sites for hydroxylation is 1. The Morgan fingerprint density at radius 3 is 0.667 bits per heavy atom. The summed E-state index contributed by atoms with van der Waals surface area (Å²) >= 11 is 0. The second-order valence-electron chi connectivity index (χ2n) is 44.2. The lowest BCUT2D eigenvalue weighted by Gasteiger charge is -2.33. The van der Waals surface area contributed by atoms with Gasteiger partial charge in [-0.15, -0.1) is 0 Å². The lowest BCUT2D eigenvalue weighted by molar-refractivity contribution is -0.272. The van der Waals surface area contributed by atoms with Crippen molar-refractivity contribution in [3.63, 3.8) is 0 Å². The third-order valence-corrected chi connectivity index (χ3v) is 41.7. The van der Waals surface area contributed by atoms with Gasteiger partial charge in [-0.3, -0.25) is 0 Å². The average Bonchev–Trinajstić information content (AvgIpc) is 0.730. The predicted octanol–water partition coefficient (Wildman–Crippen LogP) is 40.4. The number of alkyl halides is 6. The van der Waals surface area contributed by atoms with Crippen LogP contribution < -0.4 is 13.7 Å². The molecule has 12 aromatic carbocycles. The number of hydrogen-bond acceptors (Lipinski definition) is 5. The molecule has 9 saturated carbocycles. The van der Waals surface area contributed by atoms with Gasteiger partial charge in [-0.25, -0.2) is 0 Å². The van der Waals surface area contributed by atoms with Crippen molar-refractivity contribution in [2.75, 3.05) is 14.2 Å². The summed E-state index contributed by atoms with van der Waals surface area (Å²) in [4.78, 5) is 11.9. The van der Waals surface area contributed by atoms with E-state index in [9.17, 15) is 34.8 Å². The molecule has 0 spiro atoms. The molecule has 0 saturated heterocycles. The van der Waals surface area contributed by atoms with E-state index in [1.165, 1.54) is 242 Å². The van der Waals surface area contributed by atoms with Crippen molar-refractivity contribution in [3.05, 3.63) is 358 Å². The van der Waals surface area contributed by atoms with Gasteiger partial charge in [0.1, 0.15) is 17.2 Å². The fourth-order valence-corrected chi connectivity index (χ4v) is 32.9. The van der Waals surface area contributed by atoms with Crippen LogP contribution in [-0.2, 0) is 42.8 Å². The Hall–Kier alpha value is -9.38. The molecule has 9 aliphatic rings. The highest BCUT2D eigenvalue weighted by atomic mass is 32.2. The van der Waals surface area contributed by atoms with Crippen LogP contribution in [0.1, 0.15) is 416 Å². The van der Waals surface area contributed by atoms with Crippen LogP contribution in [0.4, 0.5) is 26.3 Å². The smallest absolute Gasteiger partial charge is 0.449 e. The number of hydrogen-bond donors (Lipinski definition) is 0. The maximum atomic E-state index is 14.7. The molecule has 5 nitrogen and oxygen atoms in total. The van der Waals surface area contributed by atoms with Crippen molar-refractivity contribution in [3.8, 4) is 17.2 Å². The Morgan fingerprint density at radius 2 is 0.440 bits per heavy atom. The number of halogens is 6. The standard InChI is InChI=1S/C28H38F6O3S.2C25H38.C21H21O2S.2C18H15S/c1-26(29,30)27(31,32)28(33,34)38(35,36)37-25-23(20-13-7-3-8-14-20)17-22(19-11-5-2-6-12-19)18-24(25)21-15-9-4-10-16-21;2*1-19-24(21-13-7-3-8-14-21)17-23(20-11-5-2-6-12-20)18-25(19)22-15-9-4-10-16-22;1-16-7-4-10-19(13-16)24(20-11-5-8-17(14-20)22-2)21-12-6-9-18(15-21)23-3;2*1-4-10-16(11-5-1)19(17-12-6-2-7-13-17)18-14-8-3-9-15-18/h17-21H,2-16H2,1H3;2*17-18,20-22H,2-16H2,1H3;4-15H,1-3H3;2*1-15H/q;;;3*+1. The van der Waals surface area contributed by atoms with Crippen LogP contribution in [0.3, 0.4) is 0 Å². The second kappa shape index (κ2) is 56.1. The van der Waals surface area contributed by atoms with Crippen LogP contribution >= 0.6 is 0 Å². The van der Waals surface area contributed by atoms with Crippen molar-refractivity contribution in [1.29, 1.82) is 0 Å². The molecular weight excluding hydrogens is 1940 g/mol. The minimum absolute atomic E-state index is 0.0146. The summed E-state index contributed by atoms with van der Waals surface area (Å²) in [5.74, 6) is -4.98. The largest absolute Gasteiger partial charge is 0.497 e. The van der Waals surface area contributed by atoms with Crippen molar-refractivity contribution >= 4 is 42.8 Å². The van der Waals surface area contributed by atoms with Crippen LogP contribution in [0.2, 0.25) is 0 Å². The maximum absolute atomic E-state index is 14.7. The van der Waals surface area contributed by atoms with E-state index in [-0.39, 0.29) is 56.2 Å². The zero-order valence-corrected chi connectivity index (χ0v) is 93.4. The molecule has 15 heteroatoms. The molecule has 0 bridgehead atoms. The highest BCUT2D eigenvalue weighted by Gasteiger charge is 2.77. The van der Waals surface area contributed by atoms with Crippen LogP contribution in [0.25, 0.3) is 0 Å². The van der Waals surface area contributed by atoms with Crippen LogP contribution in [0.15, 0.2) is 335 Å². The molecule has 0 heterocycles. The normalized spacial score (nSPS) is 18.1. The predicted molar refractivity (Wildman–Crippen MR) is 614 cm³/mol. The monoisotopic (exact) mass is 2110 g/mol. The van der Waals surface area contributed by atoms with Gasteiger partial charge in [0, 0.05) is 19.1 Å². The van der Waals surface area contributed by atoms with E-state index in [2.05, 4.69) is 276 Å². The lowest BCUT2D eigenvalue weighted by atomic mass is 9.74. The summed E-state index contributed by atoms with van der Waals surface area (Å²) in [6.45, 7) is 6.65. The molecule has 0 atom stereocenters. The Kier molecular flexibility index (Phi) is 42.4. The van der Waals surface area contributed by atoms with E-state index in [1.807, 2.05) is 36.4 Å². The Balaban J connectivity index is 0.000000130. The van der Waals surface area contributed by atoms with E-state index < -0.39 is 34.1 Å². The first-order chi connectivity index (χ1) is 73.0. The van der Waals surface area contributed by atoms with Crippen molar-refractivity contribution < 1.29 is 48.4 Å². The van der Waals surface area contributed by atoms with Gasteiger partial charge in [0.05, 0.1) is 46.9 Å². The van der Waals surface area contributed by atoms with Gasteiger partial charge in [0.2, 0.25) is 0 Å². The summed E-state index contributed by atoms with van der Waals surface area (Å²) in [7, 11) is -3.31. The first kappa shape index (κ1) is 113. The van der Waals surface area contributed by atoms with Gasteiger partial charge in [-0.1, -0.05) is 343 Å². The fourth-order valence-electron chi connectivity index (χ4n) is 25.5. The Morgan fingerprint density at radius 1 is 0.240 bits per heavy atom. The van der Waals surface area contributed by atoms with E-state index >= 15 is 0 Å². The molecule has 0 unspecified atom stereocenters. The Labute approximate surface area is 904 Å². The molecule has 12 aromatic rings. The topological polar surface area (TPSA) is 61.8 Å². The number of ether oxygens (including phenoxy) is 2. The fraction of sp³-hybridized carbons (Fsp3) is 0.467. The molecule has 0 amide bonds. The third kappa shape index (κ3) is 29.8. The van der Waals surface area contributed by atoms with Gasteiger partial charge in [0.25, 0.3) is 0 Å². The molecule has 21 rings (SSSR count). The minimum atomic E-state index is -6.48. The number of rotatable bonds is 25. The van der Waals surface area contributed by atoms with Crippen molar-refractivity contribution in [1.82, 2.24) is 0 Å². The average molecular weight is 2110 g/mol. The summed E-state index contributed by atoms with van der Waals surface area (Å²) in [5, 5.41) is -6.13. The first-order valence-corrected chi connectivity index (χ1v) is 62.5. The molecule has 0 aromatic heterocycles. The van der Waals surface area contributed by atoms with Crippen molar-refractivity contribution in [2.45, 2.75) is 431 Å². The highest BCUT2D eigenvalue weighted by molar-refractivity contribution is 7.97. The second-order valence-corrected chi connectivity index (χ2v) is 51.8. The van der Waals surface area contributed by atoms with Gasteiger partial charge < -0.3 is 13.7 Å². The molecule has 0 radical (unpaired) electrons. The molecular formula is C135H165F6O5S4+3. The van der Waals surface area contributed by atoms with Gasteiger partial charge in [0.15, 0.2) is 44.1 Å². The Bertz CT molecular complexity index is 5620.